The summed E-state index contributed by atoms with van der Waals surface area (Å²) in [6.45, 7) is 3.29. The summed E-state index contributed by atoms with van der Waals surface area (Å²) < 4.78 is 81.3. The lowest BCUT2D eigenvalue weighted by atomic mass is 9.90. The van der Waals surface area contributed by atoms with Crippen molar-refractivity contribution in [3.63, 3.8) is 0 Å². The summed E-state index contributed by atoms with van der Waals surface area (Å²) in [6.07, 6.45) is -2.83. The van der Waals surface area contributed by atoms with Gasteiger partial charge in [0.05, 0.1) is 12.7 Å². The first kappa shape index (κ1) is 17.6. The summed E-state index contributed by atoms with van der Waals surface area (Å²) in [4.78, 5) is 0. The summed E-state index contributed by atoms with van der Waals surface area (Å²) in [5, 5.41) is 0. The van der Waals surface area contributed by atoms with E-state index in [9.17, 15) is 26.0 Å². The third-order valence-electron chi connectivity index (χ3n) is 3.45. The molecule has 1 aliphatic heterocycles. The Morgan fingerprint density at radius 2 is 1.85 bits per heavy atom. The van der Waals surface area contributed by atoms with Crippen LogP contribution < -0.4 is 0 Å². The fourth-order valence-corrected chi connectivity index (χ4v) is 2.86. The monoisotopic (exact) mass is 322 g/mol. The second-order valence-corrected chi connectivity index (χ2v) is 6.30. The van der Waals surface area contributed by atoms with Gasteiger partial charge in [0.25, 0.3) is 0 Å². The molecular weight excluding hydrogens is 304 g/mol. The van der Waals surface area contributed by atoms with Crippen molar-refractivity contribution in [1.29, 1.82) is 0 Å². The molecule has 1 fully saturated rings. The molecule has 0 aliphatic carbocycles. The van der Waals surface area contributed by atoms with Crippen molar-refractivity contribution in [2.24, 2.45) is 5.92 Å². The zero-order valence-electron chi connectivity index (χ0n) is 11.2. The molecule has 1 rings (SSSR count). The van der Waals surface area contributed by atoms with Crippen LogP contribution in [0.3, 0.4) is 0 Å². The van der Waals surface area contributed by atoms with Gasteiger partial charge >= 0.3 is 15.6 Å². The van der Waals surface area contributed by atoms with Gasteiger partial charge in [-0.15, -0.1) is 0 Å². The zero-order chi connectivity index (χ0) is 15.6. The molecule has 120 valence electrons. The van der Waals surface area contributed by atoms with Crippen LogP contribution in [0.4, 0.5) is 17.6 Å². The minimum atomic E-state index is -5.79. The minimum Gasteiger partial charge on any atom is -0.375 e. The van der Waals surface area contributed by atoms with Crippen LogP contribution in [-0.2, 0) is 19.0 Å². The van der Waals surface area contributed by atoms with Crippen molar-refractivity contribution in [3.8, 4) is 0 Å². The third kappa shape index (κ3) is 4.05. The first-order chi connectivity index (χ1) is 9.12. The molecule has 0 N–H and O–H groups in total. The van der Waals surface area contributed by atoms with Crippen LogP contribution in [0, 0.1) is 5.92 Å². The Labute approximate surface area is 115 Å². The lowest BCUT2D eigenvalue weighted by Crippen LogP contribution is -2.45. The Kier molecular flexibility index (Phi) is 5.79. The van der Waals surface area contributed by atoms with Gasteiger partial charge in [-0.25, -0.2) is 4.39 Å². The van der Waals surface area contributed by atoms with Crippen molar-refractivity contribution < 1.29 is 34.9 Å². The highest BCUT2D eigenvalue weighted by Crippen LogP contribution is 2.32. The molecule has 0 unspecified atom stereocenters. The predicted molar refractivity (Wildman–Crippen MR) is 63.2 cm³/mol. The van der Waals surface area contributed by atoms with Crippen molar-refractivity contribution in [2.45, 2.75) is 57.0 Å². The van der Waals surface area contributed by atoms with Crippen molar-refractivity contribution >= 4 is 10.1 Å². The van der Waals surface area contributed by atoms with E-state index in [1.807, 2.05) is 13.8 Å². The summed E-state index contributed by atoms with van der Waals surface area (Å²) >= 11 is 0. The number of ether oxygens (including phenoxy) is 1. The zero-order valence-corrected chi connectivity index (χ0v) is 12.0. The van der Waals surface area contributed by atoms with Crippen LogP contribution in [-0.4, -0.2) is 38.9 Å². The smallest absolute Gasteiger partial charge is 0.375 e. The van der Waals surface area contributed by atoms with E-state index in [0.717, 1.165) is 0 Å². The summed E-state index contributed by atoms with van der Waals surface area (Å²) in [7, 11) is -5.79. The molecule has 0 saturated carbocycles. The first-order valence-electron chi connectivity index (χ1n) is 6.37. The van der Waals surface area contributed by atoms with Crippen molar-refractivity contribution in [3.05, 3.63) is 0 Å². The van der Waals surface area contributed by atoms with E-state index in [-0.39, 0.29) is 12.3 Å². The first-order valence-corrected chi connectivity index (χ1v) is 7.78. The molecule has 0 spiro atoms. The lowest BCUT2D eigenvalue weighted by Gasteiger charge is -2.35. The molecule has 0 aromatic rings. The third-order valence-corrected chi connectivity index (χ3v) is 4.51. The number of hydrogen-bond donors (Lipinski definition) is 0. The molecule has 1 heterocycles. The maximum absolute atomic E-state index is 13.5. The minimum absolute atomic E-state index is 0.0298. The molecule has 3 atom stereocenters. The average Bonchev–Trinajstić information content (AvgIpc) is 2.33. The van der Waals surface area contributed by atoms with Crippen LogP contribution in [0.25, 0.3) is 0 Å². The molecule has 4 nitrogen and oxygen atoms in total. The van der Waals surface area contributed by atoms with Crippen LogP contribution in [0.5, 0.6) is 0 Å². The normalized spacial score (nSPS) is 28.9. The van der Waals surface area contributed by atoms with Gasteiger partial charge in [-0.2, -0.15) is 21.6 Å². The van der Waals surface area contributed by atoms with Crippen LogP contribution >= 0.6 is 0 Å². The second-order valence-electron chi connectivity index (χ2n) is 4.73. The van der Waals surface area contributed by atoms with Gasteiger partial charge in [-0.3, -0.25) is 4.18 Å². The molecule has 0 radical (unpaired) electrons. The fraction of sp³-hybridized carbons (Fsp3) is 1.00. The van der Waals surface area contributed by atoms with Crippen molar-refractivity contribution in [1.82, 2.24) is 0 Å². The van der Waals surface area contributed by atoms with E-state index in [2.05, 4.69) is 4.18 Å². The molecule has 0 aromatic heterocycles. The van der Waals surface area contributed by atoms with E-state index in [1.54, 1.807) is 0 Å². The summed E-state index contributed by atoms with van der Waals surface area (Å²) in [5.41, 5.74) is -5.55. The van der Waals surface area contributed by atoms with Gasteiger partial charge in [-0.1, -0.05) is 26.7 Å². The standard InChI is InChI=1S/C11H18F4O4S/c1-3-7(4-2)9-5-10(8(12)6-18-9)19-20(16,17)11(13,14)15/h7-10H,3-6H2,1-2H3/t8-,9+,10+/m0/s1. The molecule has 1 aliphatic rings. The van der Waals surface area contributed by atoms with Crippen molar-refractivity contribution in [2.75, 3.05) is 6.61 Å². The highest BCUT2D eigenvalue weighted by molar-refractivity contribution is 7.87. The quantitative estimate of drug-likeness (QED) is 0.444. The number of rotatable bonds is 5. The Hall–Kier alpha value is -0.410. The van der Waals surface area contributed by atoms with Crippen LogP contribution in [0.15, 0.2) is 0 Å². The highest BCUT2D eigenvalue weighted by Gasteiger charge is 2.50. The van der Waals surface area contributed by atoms with Gasteiger partial charge in [0, 0.05) is 6.42 Å². The van der Waals surface area contributed by atoms with Crippen LogP contribution in [0.1, 0.15) is 33.1 Å². The largest absolute Gasteiger partial charge is 0.523 e. The topological polar surface area (TPSA) is 52.6 Å². The Morgan fingerprint density at radius 1 is 1.30 bits per heavy atom. The second kappa shape index (κ2) is 6.57. The van der Waals surface area contributed by atoms with Gasteiger partial charge in [0.15, 0.2) is 6.17 Å². The molecule has 0 amide bonds. The number of halogens is 4. The number of alkyl halides is 4. The van der Waals surface area contributed by atoms with E-state index >= 15 is 0 Å². The summed E-state index contributed by atoms with van der Waals surface area (Å²) in [5.74, 6) is 0.0298. The van der Waals surface area contributed by atoms with E-state index < -0.39 is 40.6 Å². The maximum atomic E-state index is 13.5. The van der Waals surface area contributed by atoms with E-state index in [1.165, 1.54) is 0 Å². The molecular formula is C11H18F4O4S. The molecule has 0 bridgehead atoms. The molecule has 1 saturated heterocycles. The van der Waals surface area contributed by atoms with Gasteiger partial charge < -0.3 is 4.74 Å². The van der Waals surface area contributed by atoms with Crippen LogP contribution in [0.2, 0.25) is 0 Å². The fourth-order valence-electron chi connectivity index (χ4n) is 2.23. The number of hydrogen-bond acceptors (Lipinski definition) is 4. The Balaban J connectivity index is 2.78. The maximum Gasteiger partial charge on any atom is 0.523 e. The summed E-state index contributed by atoms with van der Waals surface area (Å²) in [6, 6.07) is 0. The van der Waals surface area contributed by atoms with E-state index in [4.69, 9.17) is 4.74 Å². The van der Waals surface area contributed by atoms with Gasteiger partial charge in [0.1, 0.15) is 6.10 Å². The average molecular weight is 322 g/mol. The van der Waals surface area contributed by atoms with E-state index in [0.29, 0.717) is 12.8 Å². The lowest BCUT2D eigenvalue weighted by molar-refractivity contribution is -0.113. The molecule has 0 aromatic carbocycles. The Bertz CT molecular complexity index is 405. The Morgan fingerprint density at radius 3 is 2.30 bits per heavy atom. The highest BCUT2D eigenvalue weighted by atomic mass is 32.2. The predicted octanol–water partition coefficient (Wildman–Crippen LogP) is 2.78. The van der Waals surface area contributed by atoms with Gasteiger partial charge in [-0.05, 0) is 5.92 Å². The SMILES string of the molecule is CCC(CC)[C@H]1C[C@@H](OS(=O)(=O)C(F)(F)F)[C@@H](F)CO1. The van der Waals surface area contributed by atoms with Gasteiger partial charge in [0.2, 0.25) is 0 Å². The molecule has 9 heteroatoms. The molecule has 20 heavy (non-hydrogen) atoms.